The molecule has 0 saturated carbocycles. The van der Waals surface area contributed by atoms with Crippen molar-refractivity contribution in [2.45, 2.75) is 33.2 Å². The topological polar surface area (TPSA) is 80.3 Å². The fourth-order valence-corrected chi connectivity index (χ4v) is 2.22. The van der Waals surface area contributed by atoms with Crippen molar-refractivity contribution in [1.29, 1.82) is 0 Å². The summed E-state index contributed by atoms with van der Waals surface area (Å²) in [6.45, 7) is 5.93. The number of hydrogen-bond acceptors (Lipinski definition) is 5. The van der Waals surface area contributed by atoms with Crippen LogP contribution >= 0.6 is 0 Å². The zero-order valence-corrected chi connectivity index (χ0v) is 14.7. The lowest BCUT2D eigenvalue weighted by atomic mass is 10.1. The van der Waals surface area contributed by atoms with Crippen molar-refractivity contribution in [2.75, 3.05) is 17.2 Å². The van der Waals surface area contributed by atoms with Gasteiger partial charge in [0.05, 0.1) is 12.2 Å². The van der Waals surface area contributed by atoms with Gasteiger partial charge in [-0.15, -0.1) is 0 Å². The number of benzene rings is 1. The third-order valence-corrected chi connectivity index (χ3v) is 3.65. The van der Waals surface area contributed by atoms with Gasteiger partial charge in [-0.1, -0.05) is 19.1 Å². The quantitative estimate of drug-likeness (QED) is 0.749. The van der Waals surface area contributed by atoms with Crippen LogP contribution in [0.1, 0.15) is 49.2 Å². The van der Waals surface area contributed by atoms with E-state index in [0.717, 1.165) is 11.3 Å². The normalized spacial score (nSPS) is 11.5. The fourth-order valence-electron chi connectivity index (χ4n) is 2.22. The number of hydrogen-bond donors (Lipinski definition) is 2. The van der Waals surface area contributed by atoms with Gasteiger partial charge in [-0.25, -0.2) is 9.78 Å². The predicted molar refractivity (Wildman–Crippen MR) is 97.6 cm³/mol. The highest BCUT2D eigenvalue weighted by molar-refractivity contribution is 5.90. The zero-order chi connectivity index (χ0) is 18.2. The highest BCUT2D eigenvalue weighted by atomic mass is 16.5. The van der Waals surface area contributed by atoms with E-state index < -0.39 is 0 Å². The molecule has 0 aliphatic carbocycles. The molecule has 0 aliphatic rings. The summed E-state index contributed by atoms with van der Waals surface area (Å²) in [5, 5.41) is 6.10. The number of pyridine rings is 1. The monoisotopic (exact) mass is 341 g/mol. The molecule has 2 aromatic rings. The van der Waals surface area contributed by atoms with Crippen molar-refractivity contribution in [3.63, 3.8) is 0 Å². The molecular weight excluding hydrogens is 318 g/mol. The van der Waals surface area contributed by atoms with Gasteiger partial charge in [-0.05, 0) is 43.7 Å². The van der Waals surface area contributed by atoms with Crippen LogP contribution < -0.4 is 10.6 Å². The average molecular weight is 341 g/mol. The first-order valence-corrected chi connectivity index (χ1v) is 8.33. The van der Waals surface area contributed by atoms with E-state index in [2.05, 4.69) is 15.6 Å². The number of aromatic nitrogens is 1. The Kier molecular flexibility index (Phi) is 6.51. The molecule has 1 aromatic heterocycles. The maximum absolute atomic E-state index is 11.6. The van der Waals surface area contributed by atoms with E-state index in [1.54, 1.807) is 19.1 Å². The number of carbonyl (C=O) groups is 2. The molecule has 1 heterocycles. The molecular formula is C19H23N3O3. The number of esters is 1. The smallest absolute Gasteiger partial charge is 0.339 e. The molecule has 2 rings (SSSR count). The summed E-state index contributed by atoms with van der Waals surface area (Å²) in [7, 11) is 0. The molecule has 25 heavy (non-hydrogen) atoms. The number of rotatable bonds is 7. The largest absolute Gasteiger partial charge is 0.462 e. The van der Waals surface area contributed by atoms with Gasteiger partial charge in [0.1, 0.15) is 5.82 Å². The van der Waals surface area contributed by atoms with Crippen LogP contribution in [0.2, 0.25) is 0 Å². The minimum atomic E-state index is -0.376. The van der Waals surface area contributed by atoms with Crippen molar-refractivity contribution in [1.82, 2.24) is 4.98 Å². The van der Waals surface area contributed by atoms with Gasteiger partial charge in [0.2, 0.25) is 5.91 Å². The maximum Gasteiger partial charge on any atom is 0.339 e. The molecule has 0 radical (unpaired) electrons. The summed E-state index contributed by atoms with van der Waals surface area (Å²) in [6.07, 6.45) is 1.95. The Morgan fingerprint density at radius 1 is 1.12 bits per heavy atom. The first kappa shape index (κ1) is 18.4. The van der Waals surface area contributed by atoms with E-state index in [1.807, 2.05) is 38.1 Å². The van der Waals surface area contributed by atoms with Gasteiger partial charge >= 0.3 is 5.97 Å². The molecule has 1 aromatic carbocycles. The number of nitrogens with one attached hydrogen (secondary N) is 2. The lowest BCUT2D eigenvalue weighted by Crippen LogP contribution is -2.11. The molecule has 132 valence electrons. The number of nitrogens with zero attached hydrogens (tertiary/aromatic N) is 1. The van der Waals surface area contributed by atoms with Crippen LogP contribution in [0.25, 0.3) is 0 Å². The number of ether oxygens (including phenoxy) is 1. The minimum absolute atomic E-state index is 0.00943. The molecule has 6 nitrogen and oxygen atoms in total. The van der Waals surface area contributed by atoms with Crippen molar-refractivity contribution < 1.29 is 14.3 Å². The van der Waals surface area contributed by atoms with E-state index in [-0.39, 0.29) is 17.9 Å². The Morgan fingerprint density at radius 2 is 1.84 bits per heavy atom. The molecule has 2 N–H and O–H groups in total. The Labute approximate surface area is 147 Å². The van der Waals surface area contributed by atoms with Crippen LogP contribution in [0.3, 0.4) is 0 Å². The molecule has 1 amide bonds. The fraction of sp³-hybridized carbons (Fsp3) is 0.316. The number of anilines is 2. The van der Waals surface area contributed by atoms with Crippen molar-refractivity contribution in [2.24, 2.45) is 0 Å². The van der Waals surface area contributed by atoms with Gasteiger partial charge in [0, 0.05) is 24.3 Å². The van der Waals surface area contributed by atoms with Gasteiger partial charge in [0.15, 0.2) is 0 Å². The second-order valence-corrected chi connectivity index (χ2v) is 5.54. The summed E-state index contributed by atoms with van der Waals surface area (Å²) in [6, 6.07) is 11.1. The highest BCUT2D eigenvalue weighted by Gasteiger charge is 2.09. The molecule has 1 atom stereocenters. The van der Waals surface area contributed by atoms with Gasteiger partial charge in [-0.3, -0.25) is 4.79 Å². The molecule has 0 unspecified atom stereocenters. The molecule has 6 heteroatoms. The summed E-state index contributed by atoms with van der Waals surface area (Å²) in [5.74, 6) is 0.285. The van der Waals surface area contributed by atoms with Crippen LogP contribution in [0, 0.1) is 0 Å². The summed E-state index contributed by atoms with van der Waals surface area (Å²) < 4.78 is 4.94. The summed E-state index contributed by atoms with van der Waals surface area (Å²) in [5.41, 5.74) is 2.27. The van der Waals surface area contributed by atoms with E-state index in [9.17, 15) is 9.59 Å². The van der Waals surface area contributed by atoms with Crippen molar-refractivity contribution in [3.8, 4) is 0 Å². The standard InChI is InChI=1S/C19H23N3O3/c1-4-18(23)22-16-9-6-14(7-10-16)13(3)21-17-11-8-15(12-20-17)19(24)25-5-2/h6-13H,4-5H2,1-3H3,(H,20,21)(H,22,23)/t13-/m1/s1. The van der Waals surface area contributed by atoms with Gasteiger partial charge < -0.3 is 15.4 Å². The second kappa shape index (κ2) is 8.82. The van der Waals surface area contributed by atoms with Crippen LogP contribution in [0.15, 0.2) is 42.6 Å². The molecule has 0 saturated heterocycles. The first-order valence-electron chi connectivity index (χ1n) is 8.33. The molecule has 0 fully saturated rings. The van der Waals surface area contributed by atoms with Crippen molar-refractivity contribution in [3.05, 3.63) is 53.7 Å². The second-order valence-electron chi connectivity index (χ2n) is 5.54. The van der Waals surface area contributed by atoms with Crippen LogP contribution in [-0.4, -0.2) is 23.5 Å². The number of carbonyl (C=O) groups excluding carboxylic acids is 2. The predicted octanol–water partition coefficient (Wildman–Crippen LogP) is 3.78. The third kappa shape index (κ3) is 5.31. The van der Waals surface area contributed by atoms with Gasteiger partial charge in [-0.2, -0.15) is 0 Å². The molecule has 0 spiro atoms. The Bertz CT molecular complexity index is 712. The minimum Gasteiger partial charge on any atom is -0.462 e. The lowest BCUT2D eigenvalue weighted by molar-refractivity contribution is -0.115. The van der Waals surface area contributed by atoms with Gasteiger partial charge in [0.25, 0.3) is 0 Å². The van der Waals surface area contributed by atoms with E-state index in [1.165, 1.54) is 6.20 Å². The summed E-state index contributed by atoms with van der Waals surface area (Å²) in [4.78, 5) is 27.3. The Morgan fingerprint density at radius 3 is 2.40 bits per heavy atom. The number of amides is 1. The Hall–Kier alpha value is -2.89. The summed E-state index contributed by atoms with van der Waals surface area (Å²) >= 11 is 0. The average Bonchev–Trinajstić information content (AvgIpc) is 2.63. The Balaban J connectivity index is 1.98. The van der Waals surface area contributed by atoms with Crippen LogP contribution in [-0.2, 0) is 9.53 Å². The highest BCUT2D eigenvalue weighted by Crippen LogP contribution is 2.20. The SMILES string of the molecule is CCOC(=O)c1ccc(N[C@H](C)c2ccc(NC(=O)CC)cc2)nc1. The van der Waals surface area contributed by atoms with E-state index in [4.69, 9.17) is 4.74 Å². The third-order valence-electron chi connectivity index (χ3n) is 3.65. The zero-order valence-electron chi connectivity index (χ0n) is 14.7. The van der Waals surface area contributed by atoms with Crippen LogP contribution in [0.4, 0.5) is 11.5 Å². The van der Waals surface area contributed by atoms with Crippen LogP contribution in [0.5, 0.6) is 0 Å². The molecule has 0 bridgehead atoms. The van der Waals surface area contributed by atoms with Crippen molar-refractivity contribution >= 4 is 23.4 Å². The van der Waals surface area contributed by atoms with E-state index >= 15 is 0 Å². The molecule has 0 aliphatic heterocycles. The van der Waals surface area contributed by atoms with E-state index in [0.29, 0.717) is 24.4 Å². The maximum atomic E-state index is 11.6. The first-order chi connectivity index (χ1) is 12.0. The lowest BCUT2D eigenvalue weighted by Gasteiger charge is -2.15.